The highest BCUT2D eigenvalue weighted by Gasteiger charge is 2.22. The predicted octanol–water partition coefficient (Wildman–Crippen LogP) is 7.05. The summed E-state index contributed by atoms with van der Waals surface area (Å²) >= 11 is 30.1. The summed E-state index contributed by atoms with van der Waals surface area (Å²) in [6.07, 6.45) is -0.108. The molecule has 0 amide bonds. The van der Waals surface area contributed by atoms with Gasteiger partial charge in [-0.15, -0.1) is 10.2 Å². The molecule has 0 aliphatic rings. The van der Waals surface area contributed by atoms with Crippen molar-refractivity contribution in [2.75, 3.05) is 5.73 Å². The third-order valence-electron chi connectivity index (χ3n) is 8.46. The lowest BCUT2D eigenvalue weighted by Gasteiger charge is -2.15. The molecule has 0 saturated heterocycles. The fourth-order valence-corrected chi connectivity index (χ4v) is 6.30. The number of anilines is 1. The fourth-order valence-electron chi connectivity index (χ4n) is 5.09. The van der Waals surface area contributed by atoms with Gasteiger partial charge in [0.1, 0.15) is 0 Å². The Morgan fingerprint density at radius 3 is 1.54 bits per heavy atom. The molecule has 61 heavy (non-hydrogen) atoms. The Labute approximate surface area is 369 Å². The Morgan fingerprint density at radius 1 is 0.721 bits per heavy atom. The molecule has 2 aromatic carbocycles. The molecule has 4 aromatic heterocycles. The largest absolute Gasteiger partial charge is 0.439 e. The van der Waals surface area contributed by atoms with Crippen LogP contribution >= 0.6 is 58.0 Å². The molecule has 0 aliphatic carbocycles. The number of ether oxygens (including phenoxy) is 2. The van der Waals surface area contributed by atoms with Gasteiger partial charge in [-0.05, 0) is 66.1 Å². The normalized spacial score (nSPS) is 10.9. The van der Waals surface area contributed by atoms with Crippen molar-refractivity contribution in [2.45, 2.75) is 59.8 Å². The van der Waals surface area contributed by atoms with Gasteiger partial charge in [-0.1, -0.05) is 84.4 Å². The molecule has 0 radical (unpaired) electrons. The molecule has 0 fully saturated rings. The van der Waals surface area contributed by atoms with Crippen LogP contribution in [-0.2, 0) is 20.5 Å². The van der Waals surface area contributed by atoms with Crippen molar-refractivity contribution >= 4 is 74.7 Å². The SMILES string of the molecule is Cc1c(CC(=O)c2noc(=O)[nH]2)cc(Cl)c(Oc2cc(C(C)C)c(=O)n(C)n2)c1Cl.Cc1c(N)cc(Cl)c(Oc2cc(C(C)C)c(=O)n(C)n2)c1Cl.O=C(Cl)c1noc(=O)[nH]1. The second kappa shape index (κ2) is 20.2. The number of aromatic nitrogens is 8. The van der Waals surface area contributed by atoms with Crippen molar-refractivity contribution in [1.82, 2.24) is 39.8 Å². The molecular weight excluding hydrogens is 908 g/mol. The van der Waals surface area contributed by atoms with E-state index in [9.17, 15) is 28.8 Å². The van der Waals surface area contributed by atoms with Crippen molar-refractivity contribution in [3.63, 3.8) is 0 Å². The number of carbonyl (C=O) groups excluding carboxylic acids is 2. The summed E-state index contributed by atoms with van der Waals surface area (Å²) in [6.45, 7) is 11.1. The van der Waals surface area contributed by atoms with Gasteiger partial charge in [-0.3, -0.25) is 38.2 Å². The number of aryl methyl sites for hydroxylation is 2. The maximum atomic E-state index is 12.3. The molecule has 4 N–H and O–H groups in total. The zero-order chi connectivity index (χ0) is 45.6. The Bertz CT molecular complexity index is 2860. The standard InChI is InChI=1S/C19H18Cl2N4O5.C15H17Cl2N3O2.C3HClN2O3/c1-8(2)11-7-14(23-25(4)18(11)27)29-16-12(20)5-10(9(3)15(16)21)6-13(26)17-22-19(28)30-24-17;1-7(2)9-5-12(19-20(4)15(9)21)22-14-10(16)6-11(18)8(3)13(14)17;4-1(7)2-5-3(8)9-6-2/h5,7-8H,6H2,1-4H3,(H,22,24,28);5-7H,18H2,1-4H3;(H,5,6,8). The van der Waals surface area contributed by atoms with E-state index in [-0.39, 0.29) is 79.4 Å². The van der Waals surface area contributed by atoms with Crippen LogP contribution in [0.1, 0.15) is 88.6 Å². The summed E-state index contributed by atoms with van der Waals surface area (Å²) in [5, 5.41) is 14.7. The summed E-state index contributed by atoms with van der Waals surface area (Å²) in [4.78, 5) is 71.9. The number of rotatable bonds is 10. The van der Waals surface area contributed by atoms with Crippen molar-refractivity contribution < 1.29 is 28.1 Å². The van der Waals surface area contributed by atoms with Crippen LogP contribution in [-0.4, -0.2) is 50.9 Å². The minimum Gasteiger partial charge on any atom is -0.434 e. The first-order chi connectivity index (χ1) is 28.5. The molecule has 0 unspecified atom stereocenters. The molecule has 324 valence electrons. The summed E-state index contributed by atoms with van der Waals surface area (Å²) in [5.74, 6) is -1.69. The van der Waals surface area contributed by atoms with Gasteiger partial charge in [-0.25, -0.2) is 19.0 Å². The van der Waals surface area contributed by atoms with Gasteiger partial charge in [-0.2, -0.15) is 0 Å². The summed E-state index contributed by atoms with van der Waals surface area (Å²) in [5.41, 5.74) is 8.82. The van der Waals surface area contributed by atoms with Crippen molar-refractivity contribution in [3.05, 3.63) is 126 Å². The number of halogens is 5. The number of H-pyrrole nitrogens is 2. The van der Waals surface area contributed by atoms with Gasteiger partial charge >= 0.3 is 11.5 Å². The summed E-state index contributed by atoms with van der Waals surface area (Å²) in [7, 11) is 3.09. The summed E-state index contributed by atoms with van der Waals surface area (Å²) < 4.78 is 22.2. The second-order valence-corrected chi connectivity index (χ2v) is 15.4. The number of hydrogen-bond acceptors (Lipinski definition) is 15. The van der Waals surface area contributed by atoms with Crippen LogP contribution in [0.5, 0.6) is 23.3 Å². The van der Waals surface area contributed by atoms with Crippen LogP contribution in [0.4, 0.5) is 5.69 Å². The number of nitrogens with one attached hydrogen (secondary N) is 2. The second-order valence-electron chi connectivity index (χ2n) is 13.5. The van der Waals surface area contributed by atoms with Gasteiger partial charge in [0.15, 0.2) is 11.5 Å². The minimum absolute atomic E-state index is 0.0295. The monoisotopic (exact) mass is 941 g/mol. The topological polar surface area (TPSA) is 266 Å². The molecule has 6 aromatic rings. The molecular formula is C37H36Cl5N9O10. The number of Topliss-reactive ketones (excluding diaryl/α,β-unsaturated/α-hetero) is 1. The highest BCUT2D eigenvalue weighted by molar-refractivity contribution is 6.67. The molecule has 6 rings (SSSR count). The van der Waals surface area contributed by atoms with E-state index in [0.717, 1.165) is 0 Å². The Morgan fingerprint density at radius 2 is 1.15 bits per heavy atom. The lowest BCUT2D eigenvalue weighted by molar-refractivity contribution is 0.0979. The number of nitrogen functional groups attached to an aromatic ring is 1. The smallest absolute Gasteiger partial charge is 0.434 e. The van der Waals surface area contributed by atoms with E-state index in [4.69, 9.17) is 73.2 Å². The number of benzene rings is 2. The lowest BCUT2D eigenvalue weighted by atomic mass is 10.0. The molecule has 24 heteroatoms. The molecule has 0 atom stereocenters. The third-order valence-corrected chi connectivity index (χ3v) is 10.1. The van der Waals surface area contributed by atoms with E-state index in [1.165, 1.54) is 16.4 Å². The van der Waals surface area contributed by atoms with E-state index in [1.807, 2.05) is 32.7 Å². The first kappa shape index (κ1) is 47.9. The number of hydrogen-bond donors (Lipinski definition) is 3. The van der Waals surface area contributed by atoms with Gasteiger partial charge in [0.25, 0.3) is 16.4 Å². The van der Waals surface area contributed by atoms with E-state index in [2.05, 4.69) is 34.5 Å². The number of ketones is 1. The van der Waals surface area contributed by atoms with Crippen LogP contribution in [0.2, 0.25) is 20.1 Å². The molecule has 0 spiro atoms. The number of aromatic amines is 2. The van der Waals surface area contributed by atoms with Crippen molar-refractivity contribution in [2.24, 2.45) is 14.1 Å². The van der Waals surface area contributed by atoms with Gasteiger partial charge < -0.3 is 15.2 Å². The van der Waals surface area contributed by atoms with Crippen LogP contribution in [0.15, 0.2) is 52.5 Å². The van der Waals surface area contributed by atoms with Gasteiger partial charge in [0, 0.05) is 49.5 Å². The van der Waals surface area contributed by atoms with Crippen molar-refractivity contribution in [1.29, 1.82) is 0 Å². The average Bonchev–Trinajstić information content (AvgIpc) is 3.84. The van der Waals surface area contributed by atoms with Crippen LogP contribution in [0.25, 0.3) is 0 Å². The molecule has 0 aliphatic heterocycles. The van der Waals surface area contributed by atoms with Gasteiger partial charge in [0.2, 0.25) is 29.2 Å². The van der Waals surface area contributed by atoms with Crippen LogP contribution < -0.4 is 37.8 Å². The highest BCUT2D eigenvalue weighted by Crippen LogP contribution is 2.41. The average molecular weight is 944 g/mol. The van der Waals surface area contributed by atoms with E-state index < -0.39 is 22.5 Å². The van der Waals surface area contributed by atoms with Crippen LogP contribution in [0.3, 0.4) is 0 Å². The number of nitrogens with two attached hydrogens (primary N) is 1. The first-order valence-corrected chi connectivity index (χ1v) is 19.5. The maximum Gasteiger partial charge on any atom is 0.439 e. The Balaban J connectivity index is 0.000000230. The van der Waals surface area contributed by atoms with E-state index in [0.29, 0.717) is 38.5 Å². The number of carbonyl (C=O) groups is 2. The number of nitrogens with zero attached hydrogens (tertiary/aromatic N) is 6. The van der Waals surface area contributed by atoms with Crippen molar-refractivity contribution in [3.8, 4) is 23.3 Å². The van der Waals surface area contributed by atoms with Gasteiger partial charge in [0.05, 0.1) is 20.1 Å². The molecule has 4 heterocycles. The quantitative estimate of drug-likeness (QED) is 0.0706. The van der Waals surface area contributed by atoms with Crippen LogP contribution in [0, 0.1) is 13.8 Å². The summed E-state index contributed by atoms with van der Waals surface area (Å²) in [6, 6.07) is 6.27. The predicted molar refractivity (Wildman–Crippen MR) is 227 cm³/mol. The zero-order valence-electron chi connectivity index (χ0n) is 33.4. The first-order valence-electron chi connectivity index (χ1n) is 17.6. The third kappa shape index (κ3) is 11.8. The maximum absolute atomic E-state index is 12.3. The van der Waals surface area contributed by atoms with E-state index >= 15 is 0 Å². The Kier molecular flexibility index (Phi) is 15.9. The highest BCUT2D eigenvalue weighted by atomic mass is 35.5. The zero-order valence-corrected chi connectivity index (χ0v) is 37.2. The fraction of sp³-hybridized carbons (Fsp3) is 0.297. The minimum atomic E-state index is -0.846. The lowest BCUT2D eigenvalue weighted by Crippen LogP contribution is -2.24. The Hall–Kier alpha value is -5.73. The molecule has 19 nitrogen and oxygen atoms in total. The van der Waals surface area contributed by atoms with E-state index in [1.54, 1.807) is 45.2 Å². The molecule has 0 bridgehead atoms. The molecule has 0 saturated carbocycles.